The topological polar surface area (TPSA) is 74.2 Å². The molecule has 4 N–H and O–H groups in total. The molecule has 3 heterocycles. The fourth-order valence-corrected chi connectivity index (χ4v) is 3.24. The van der Waals surface area contributed by atoms with Crippen molar-refractivity contribution in [1.82, 2.24) is 4.98 Å². The third kappa shape index (κ3) is 1.64. The highest BCUT2D eigenvalue weighted by Gasteiger charge is 2.15. The lowest BCUT2D eigenvalue weighted by Gasteiger charge is -2.06. The van der Waals surface area contributed by atoms with Gasteiger partial charge in [0, 0.05) is 10.9 Å². The Bertz CT molecular complexity index is 685. The lowest BCUT2D eigenvalue weighted by molar-refractivity contribution is 0.287. The summed E-state index contributed by atoms with van der Waals surface area (Å²) in [5, 5.41) is 0. The molecule has 0 saturated carbocycles. The molecule has 1 aliphatic rings. The van der Waals surface area contributed by atoms with Crippen molar-refractivity contribution in [2.75, 3.05) is 18.1 Å². The van der Waals surface area contributed by atoms with Crippen LogP contribution < -0.4 is 11.5 Å². The minimum atomic E-state index is 0.462. The Hall–Kier alpha value is -2.01. The molecule has 0 fully saturated rings. The van der Waals surface area contributed by atoms with Gasteiger partial charge in [0.1, 0.15) is 12.4 Å². The first-order valence-electron chi connectivity index (χ1n) is 5.60. The van der Waals surface area contributed by atoms with Crippen molar-refractivity contribution in [1.29, 1.82) is 0 Å². The van der Waals surface area contributed by atoms with E-state index in [0.717, 1.165) is 21.4 Å². The Balaban J connectivity index is 2.26. The van der Waals surface area contributed by atoms with Crippen LogP contribution in [0.5, 0.6) is 0 Å². The zero-order chi connectivity index (χ0) is 12.7. The van der Waals surface area contributed by atoms with Gasteiger partial charge in [0.2, 0.25) is 0 Å². The number of nitrogens with two attached hydrogens (primary N) is 2. The molecule has 18 heavy (non-hydrogen) atoms. The van der Waals surface area contributed by atoms with Crippen molar-refractivity contribution in [3.63, 3.8) is 0 Å². The number of fused-ring (bicyclic) bond motifs is 1. The number of hydrogen-bond donors (Lipinski definition) is 2. The first kappa shape index (κ1) is 11.1. The van der Waals surface area contributed by atoms with Crippen LogP contribution in [-0.4, -0.2) is 11.6 Å². The van der Waals surface area contributed by atoms with E-state index in [1.165, 1.54) is 4.88 Å². The summed E-state index contributed by atoms with van der Waals surface area (Å²) in [4.78, 5) is 5.55. The highest BCUT2D eigenvalue weighted by molar-refractivity contribution is 7.20. The summed E-state index contributed by atoms with van der Waals surface area (Å²) in [7, 11) is 0. The molecule has 3 rings (SSSR count). The SMILES string of the molecule is Cc1c(C2=CCOC=C2)sc2c(N)cc(N)nc12. The Morgan fingerprint density at radius 1 is 1.39 bits per heavy atom. The molecule has 0 atom stereocenters. The molecular weight excluding hydrogens is 246 g/mol. The van der Waals surface area contributed by atoms with E-state index in [2.05, 4.69) is 11.1 Å². The molecule has 92 valence electrons. The van der Waals surface area contributed by atoms with Gasteiger partial charge in [0.25, 0.3) is 0 Å². The molecule has 0 unspecified atom stereocenters. The number of nitrogen functional groups attached to an aromatic ring is 2. The van der Waals surface area contributed by atoms with Crippen LogP contribution in [0.4, 0.5) is 11.5 Å². The number of hydrogen-bond acceptors (Lipinski definition) is 5. The predicted octanol–water partition coefficient (Wildman–Crippen LogP) is 2.70. The summed E-state index contributed by atoms with van der Waals surface area (Å²) in [6.07, 6.45) is 5.72. The third-order valence-corrected chi connectivity index (χ3v) is 4.31. The van der Waals surface area contributed by atoms with Crippen LogP contribution in [0.25, 0.3) is 15.8 Å². The van der Waals surface area contributed by atoms with Crippen LogP contribution in [0.3, 0.4) is 0 Å². The average molecular weight is 259 g/mol. The summed E-state index contributed by atoms with van der Waals surface area (Å²) in [6.45, 7) is 2.65. The van der Waals surface area contributed by atoms with E-state index in [1.807, 2.05) is 13.0 Å². The Kier molecular flexibility index (Phi) is 2.48. The van der Waals surface area contributed by atoms with E-state index in [-0.39, 0.29) is 0 Å². The molecular formula is C13H13N3OS. The average Bonchev–Trinajstić information content (AvgIpc) is 2.69. The molecule has 0 amide bonds. The normalized spacial score (nSPS) is 14.6. The number of pyridine rings is 1. The van der Waals surface area contributed by atoms with Gasteiger partial charge < -0.3 is 16.2 Å². The van der Waals surface area contributed by atoms with Gasteiger partial charge in [-0.3, -0.25) is 0 Å². The minimum absolute atomic E-state index is 0.462. The van der Waals surface area contributed by atoms with Gasteiger partial charge in [-0.1, -0.05) is 0 Å². The van der Waals surface area contributed by atoms with E-state index in [9.17, 15) is 0 Å². The van der Waals surface area contributed by atoms with Crippen LogP contribution in [0.2, 0.25) is 0 Å². The summed E-state index contributed by atoms with van der Waals surface area (Å²) < 4.78 is 6.16. The van der Waals surface area contributed by atoms with E-state index in [4.69, 9.17) is 16.2 Å². The van der Waals surface area contributed by atoms with E-state index >= 15 is 0 Å². The van der Waals surface area contributed by atoms with Crippen molar-refractivity contribution in [2.45, 2.75) is 6.92 Å². The second-order valence-electron chi connectivity index (χ2n) is 4.17. The Morgan fingerprint density at radius 2 is 2.22 bits per heavy atom. The molecule has 0 spiro atoms. The Labute approximate surface area is 109 Å². The molecule has 1 aliphatic heterocycles. The maximum atomic E-state index is 6.00. The summed E-state index contributed by atoms with van der Waals surface area (Å²) in [6, 6.07) is 1.70. The molecule has 0 saturated heterocycles. The van der Waals surface area contributed by atoms with Gasteiger partial charge in [-0.05, 0) is 30.2 Å². The van der Waals surface area contributed by atoms with Crippen LogP contribution in [0.1, 0.15) is 10.4 Å². The fourth-order valence-electron chi connectivity index (χ4n) is 2.05. The van der Waals surface area contributed by atoms with Crippen molar-refractivity contribution in [3.05, 3.63) is 34.9 Å². The predicted molar refractivity (Wildman–Crippen MR) is 76.3 cm³/mol. The lowest BCUT2D eigenvalue weighted by Crippen LogP contribution is -1.94. The highest BCUT2D eigenvalue weighted by atomic mass is 32.1. The minimum Gasteiger partial charge on any atom is -0.497 e. The summed E-state index contributed by atoms with van der Waals surface area (Å²) in [5.41, 5.74) is 15.6. The smallest absolute Gasteiger partial charge is 0.126 e. The van der Waals surface area contributed by atoms with E-state index in [0.29, 0.717) is 18.1 Å². The van der Waals surface area contributed by atoms with Crippen LogP contribution in [0, 0.1) is 6.92 Å². The monoisotopic (exact) mass is 259 g/mol. The van der Waals surface area contributed by atoms with Crippen molar-refractivity contribution >= 4 is 38.6 Å². The first-order valence-corrected chi connectivity index (χ1v) is 6.42. The molecule has 0 radical (unpaired) electrons. The lowest BCUT2D eigenvalue weighted by atomic mass is 10.1. The molecule has 2 aromatic heterocycles. The maximum absolute atomic E-state index is 6.00. The largest absolute Gasteiger partial charge is 0.497 e. The van der Waals surface area contributed by atoms with Gasteiger partial charge >= 0.3 is 0 Å². The van der Waals surface area contributed by atoms with Crippen LogP contribution in [0.15, 0.2) is 24.5 Å². The quantitative estimate of drug-likeness (QED) is 0.825. The van der Waals surface area contributed by atoms with Gasteiger partial charge in [-0.2, -0.15) is 0 Å². The second kappa shape index (κ2) is 4.03. The number of ether oxygens (including phenoxy) is 1. The van der Waals surface area contributed by atoms with Crippen molar-refractivity contribution in [2.24, 2.45) is 0 Å². The summed E-state index contributed by atoms with van der Waals surface area (Å²) >= 11 is 1.65. The van der Waals surface area contributed by atoms with Gasteiger partial charge in [-0.25, -0.2) is 4.98 Å². The standard InChI is InChI=1S/C13H13N3OS/c1-7-11-13(9(14)6-10(15)16-11)18-12(7)8-2-4-17-5-3-8/h2-4,6H,5H2,1H3,(H4,14,15,16). The molecule has 0 bridgehead atoms. The zero-order valence-electron chi connectivity index (χ0n) is 9.93. The van der Waals surface area contributed by atoms with E-state index < -0.39 is 0 Å². The van der Waals surface area contributed by atoms with E-state index in [1.54, 1.807) is 23.7 Å². The number of nitrogens with zero attached hydrogens (tertiary/aromatic N) is 1. The van der Waals surface area contributed by atoms with Gasteiger partial charge in [-0.15, -0.1) is 11.3 Å². The maximum Gasteiger partial charge on any atom is 0.126 e. The molecule has 0 aromatic carbocycles. The van der Waals surface area contributed by atoms with Gasteiger partial charge in [0.15, 0.2) is 0 Å². The summed E-state index contributed by atoms with van der Waals surface area (Å²) in [5.74, 6) is 0.462. The first-order chi connectivity index (χ1) is 8.66. The number of thiophene rings is 1. The highest BCUT2D eigenvalue weighted by Crippen LogP contribution is 2.38. The molecule has 2 aromatic rings. The van der Waals surface area contributed by atoms with Gasteiger partial charge in [0.05, 0.1) is 22.2 Å². The van der Waals surface area contributed by atoms with Crippen LogP contribution >= 0.6 is 11.3 Å². The molecule has 5 heteroatoms. The van der Waals surface area contributed by atoms with Crippen molar-refractivity contribution < 1.29 is 4.74 Å². The number of allylic oxidation sites excluding steroid dienone is 2. The number of aryl methyl sites for hydroxylation is 1. The number of aromatic nitrogens is 1. The number of anilines is 2. The second-order valence-corrected chi connectivity index (χ2v) is 5.19. The molecule has 4 nitrogen and oxygen atoms in total. The molecule has 0 aliphatic carbocycles. The number of rotatable bonds is 1. The van der Waals surface area contributed by atoms with Crippen LogP contribution in [-0.2, 0) is 4.74 Å². The zero-order valence-corrected chi connectivity index (χ0v) is 10.8. The van der Waals surface area contributed by atoms with Crippen molar-refractivity contribution in [3.8, 4) is 0 Å². The third-order valence-electron chi connectivity index (χ3n) is 2.93. The fraction of sp³-hybridized carbons (Fsp3) is 0.154. The Morgan fingerprint density at radius 3 is 2.94 bits per heavy atom.